The minimum Gasteiger partial charge on any atom is -0.312 e. The van der Waals surface area contributed by atoms with Crippen molar-refractivity contribution in [3.8, 4) is 0 Å². The van der Waals surface area contributed by atoms with Crippen molar-refractivity contribution >= 4 is 11.8 Å². The Bertz CT molecular complexity index is 419. The summed E-state index contributed by atoms with van der Waals surface area (Å²) in [6.07, 6.45) is 12.7. The van der Waals surface area contributed by atoms with E-state index in [-0.39, 0.29) is 0 Å². The molecular weight excluding hydrogens is 278 g/mol. The molecule has 2 heterocycles. The van der Waals surface area contributed by atoms with Crippen molar-refractivity contribution in [3.63, 3.8) is 0 Å². The first-order valence-electron chi connectivity index (χ1n) is 8.76. The van der Waals surface area contributed by atoms with Gasteiger partial charge in [0.1, 0.15) is 0 Å². The highest BCUT2D eigenvalue weighted by Gasteiger charge is 2.26. The van der Waals surface area contributed by atoms with Crippen LogP contribution in [0.15, 0.2) is 12.3 Å². The van der Waals surface area contributed by atoms with Gasteiger partial charge in [-0.05, 0) is 50.5 Å². The molecule has 1 aromatic rings. The van der Waals surface area contributed by atoms with Gasteiger partial charge in [0.25, 0.3) is 0 Å². The number of hydrogen-bond donors (Lipinski definition) is 1. The van der Waals surface area contributed by atoms with Gasteiger partial charge in [0.15, 0.2) is 0 Å². The molecule has 2 aliphatic rings. The van der Waals surface area contributed by atoms with Crippen LogP contribution in [0.4, 0.5) is 0 Å². The molecule has 4 heteroatoms. The highest BCUT2D eigenvalue weighted by atomic mass is 32.2. The van der Waals surface area contributed by atoms with E-state index in [1.54, 1.807) is 0 Å². The fourth-order valence-electron chi connectivity index (χ4n) is 3.67. The van der Waals surface area contributed by atoms with Gasteiger partial charge in [-0.15, -0.1) is 0 Å². The minimum absolute atomic E-state index is 0.601. The smallest absolute Gasteiger partial charge is 0.0640 e. The Kier molecular flexibility index (Phi) is 5.64. The van der Waals surface area contributed by atoms with E-state index in [0.29, 0.717) is 12.1 Å². The molecule has 0 spiro atoms. The van der Waals surface area contributed by atoms with Gasteiger partial charge in [-0.2, -0.15) is 16.9 Å². The highest BCUT2D eigenvalue weighted by molar-refractivity contribution is 8.00. The van der Waals surface area contributed by atoms with E-state index in [4.69, 9.17) is 5.10 Å². The number of nitrogens with one attached hydrogen (secondary N) is 1. The van der Waals surface area contributed by atoms with Gasteiger partial charge in [-0.1, -0.05) is 19.8 Å². The molecule has 3 nitrogen and oxygen atoms in total. The first kappa shape index (κ1) is 15.4. The lowest BCUT2D eigenvalue weighted by Crippen LogP contribution is -2.39. The summed E-state index contributed by atoms with van der Waals surface area (Å²) in [7, 11) is 0. The molecule has 0 bridgehead atoms. The van der Waals surface area contributed by atoms with Crippen molar-refractivity contribution in [1.29, 1.82) is 0 Å². The minimum atomic E-state index is 0.601. The van der Waals surface area contributed by atoms with Crippen LogP contribution in [0.25, 0.3) is 0 Å². The summed E-state index contributed by atoms with van der Waals surface area (Å²) in [6.45, 7) is 3.38. The molecule has 0 amide bonds. The number of thioether (sulfide) groups is 1. The molecule has 21 heavy (non-hydrogen) atoms. The second kappa shape index (κ2) is 7.68. The maximum atomic E-state index is 4.88. The number of rotatable bonds is 7. The van der Waals surface area contributed by atoms with Crippen molar-refractivity contribution in [3.05, 3.63) is 18.0 Å². The molecule has 1 saturated heterocycles. The van der Waals surface area contributed by atoms with Crippen LogP contribution in [0.5, 0.6) is 0 Å². The summed E-state index contributed by atoms with van der Waals surface area (Å²) in [5.41, 5.74) is 1.28. The Morgan fingerprint density at radius 1 is 1.33 bits per heavy atom. The molecule has 1 aliphatic heterocycles. The molecule has 1 aliphatic carbocycles. The summed E-state index contributed by atoms with van der Waals surface area (Å²) in [5.74, 6) is 1.34. The van der Waals surface area contributed by atoms with E-state index in [2.05, 4.69) is 40.9 Å². The summed E-state index contributed by atoms with van der Waals surface area (Å²) in [5, 5.41) is 9.43. The fraction of sp³-hybridized carbons (Fsp3) is 0.824. The lowest BCUT2D eigenvalue weighted by molar-refractivity contribution is 0.448. The predicted octanol–water partition coefficient (Wildman–Crippen LogP) is 3.80. The average molecular weight is 308 g/mol. The zero-order chi connectivity index (χ0) is 14.5. The lowest BCUT2D eigenvalue weighted by Gasteiger charge is -2.23. The maximum absolute atomic E-state index is 4.88. The summed E-state index contributed by atoms with van der Waals surface area (Å²) < 4.78 is 2.24. The first-order chi connectivity index (χ1) is 10.4. The van der Waals surface area contributed by atoms with E-state index in [9.17, 15) is 0 Å². The molecule has 1 aromatic heterocycles. The molecule has 2 fully saturated rings. The number of hydrogen-bond acceptors (Lipinski definition) is 3. The number of nitrogens with zero attached hydrogens (tertiary/aromatic N) is 2. The third kappa shape index (κ3) is 4.04. The van der Waals surface area contributed by atoms with E-state index >= 15 is 0 Å². The molecule has 118 valence electrons. The largest absolute Gasteiger partial charge is 0.312 e. The van der Waals surface area contributed by atoms with Gasteiger partial charge >= 0.3 is 0 Å². The standard InChI is InChI=1S/C17H29N3S/c1-2-10-18-16(17-8-5-12-21-17)13-14-9-11-20(19-14)15-6-3-4-7-15/h9,11,15-18H,2-8,10,12-13H2,1H3. The second-order valence-electron chi connectivity index (χ2n) is 6.54. The Morgan fingerprint density at radius 2 is 2.19 bits per heavy atom. The van der Waals surface area contributed by atoms with Gasteiger partial charge in [-0.3, -0.25) is 4.68 Å². The highest BCUT2D eigenvalue weighted by Crippen LogP contribution is 2.31. The zero-order valence-electron chi connectivity index (χ0n) is 13.3. The Labute approximate surface area is 133 Å². The third-order valence-corrected chi connectivity index (χ3v) is 6.38. The average Bonchev–Trinajstić information content (AvgIpc) is 3.24. The molecule has 1 saturated carbocycles. The van der Waals surface area contributed by atoms with Crippen molar-refractivity contribution in [2.45, 2.75) is 75.6 Å². The predicted molar refractivity (Wildman–Crippen MR) is 91.0 cm³/mol. The van der Waals surface area contributed by atoms with Gasteiger partial charge in [0.2, 0.25) is 0 Å². The quantitative estimate of drug-likeness (QED) is 0.831. The van der Waals surface area contributed by atoms with Crippen LogP contribution < -0.4 is 5.32 Å². The van der Waals surface area contributed by atoms with Crippen LogP contribution >= 0.6 is 11.8 Å². The Hall–Kier alpha value is -0.480. The van der Waals surface area contributed by atoms with Gasteiger partial charge in [-0.25, -0.2) is 0 Å². The maximum Gasteiger partial charge on any atom is 0.0640 e. The summed E-state index contributed by atoms with van der Waals surface area (Å²) in [4.78, 5) is 0. The third-order valence-electron chi connectivity index (χ3n) is 4.86. The van der Waals surface area contributed by atoms with Crippen molar-refractivity contribution in [1.82, 2.24) is 15.1 Å². The molecule has 0 aromatic carbocycles. The number of aromatic nitrogens is 2. The fourth-order valence-corrected chi connectivity index (χ4v) is 5.06. The van der Waals surface area contributed by atoms with E-state index in [1.807, 2.05) is 0 Å². The molecule has 1 N–H and O–H groups in total. The SMILES string of the molecule is CCCNC(Cc1ccn(C2CCCC2)n1)C1CCCS1. The monoisotopic (exact) mass is 307 g/mol. The lowest BCUT2D eigenvalue weighted by atomic mass is 10.0. The van der Waals surface area contributed by atoms with Crippen molar-refractivity contribution in [2.24, 2.45) is 0 Å². The topological polar surface area (TPSA) is 29.9 Å². The van der Waals surface area contributed by atoms with Crippen LogP contribution in [-0.2, 0) is 6.42 Å². The molecule has 0 radical (unpaired) electrons. The zero-order valence-corrected chi connectivity index (χ0v) is 14.1. The Balaban J connectivity index is 1.61. The van der Waals surface area contributed by atoms with Gasteiger partial charge < -0.3 is 5.32 Å². The Morgan fingerprint density at radius 3 is 2.90 bits per heavy atom. The summed E-state index contributed by atoms with van der Waals surface area (Å²) >= 11 is 2.16. The van der Waals surface area contributed by atoms with Gasteiger partial charge in [0.05, 0.1) is 11.7 Å². The van der Waals surface area contributed by atoms with E-state index < -0.39 is 0 Å². The summed E-state index contributed by atoms with van der Waals surface area (Å²) in [6, 6.07) is 3.52. The van der Waals surface area contributed by atoms with Crippen LogP contribution in [0.2, 0.25) is 0 Å². The first-order valence-corrected chi connectivity index (χ1v) is 9.80. The van der Waals surface area contributed by atoms with Crippen LogP contribution in [0.1, 0.15) is 63.6 Å². The molecule has 2 unspecified atom stereocenters. The van der Waals surface area contributed by atoms with Crippen molar-refractivity contribution in [2.75, 3.05) is 12.3 Å². The van der Waals surface area contributed by atoms with Gasteiger partial charge in [0, 0.05) is 23.9 Å². The van der Waals surface area contributed by atoms with Crippen LogP contribution in [0.3, 0.4) is 0 Å². The van der Waals surface area contributed by atoms with Crippen LogP contribution in [-0.4, -0.2) is 33.4 Å². The second-order valence-corrected chi connectivity index (χ2v) is 7.89. The molecule has 3 rings (SSSR count). The molecular formula is C17H29N3S. The molecule has 2 atom stereocenters. The normalized spacial score (nSPS) is 24.7. The van der Waals surface area contributed by atoms with E-state index in [0.717, 1.165) is 18.2 Å². The van der Waals surface area contributed by atoms with Crippen LogP contribution in [0, 0.1) is 0 Å². The van der Waals surface area contributed by atoms with E-state index in [1.165, 1.54) is 56.4 Å². The van der Waals surface area contributed by atoms with Crippen molar-refractivity contribution < 1.29 is 0 Å².